The van der Waals surface area contributed by atoms with E-state index in [9.17, 15) is 9.59 Å². The van der Waals surface area contributed by atoms with Crippen molar-refractivity contribution in [1.29, 1.82) is 0 Å². The number of hydrogen-bond acceptors (Lipinski definition) is 5. The summed E-state index contributed by atoms with van der Waals surface area (Å²) in [4.78, 5) is 25.7. The zero-order chi connectivity index (χ0) is 20.3. The zero-order valence-electron chi connectivity index (χ0n) is 15.7. The number of nitrogens with one attached hydrogen (secondary N) is 1. The summed E-state index contributed by atoms with van der Waals surface area (Å²) in [7, 11) is 0. The summed E-state index contributed by atoms with van der Waals surface area (Å²) in [6.07, 6.45) is 3.77. The lowest BCUT2D eigenvalue weighted by molar-refractivity contribution is 0.143. The first-order valence-electron chi connectivity index (χ1n) is 9.90. The van der Waals surface area contributed by atoms with Gasteiger partial charge >= 0.3 is 6.16 Å². The molecule has 9 heteroatoms. The van der Waals surface area contributed by atoms with Gasteiger partial charge in [0.1, 0.15) is 5.82 Å². The van der Waals surface area contributed by atoms with Gasteiger partial charge in [0.05, 0.1) is 27.8 Å². The molecule has 2 aliphatic heterocycles. The Hall–Kier alpha value is -2.32. The number of anilines is 1. The van der Waals surface area contributed by atoms with Gasteiger partial charge in [-0.15, -0.1) is 0 Å². The maximum atomic E-state index is 15.2. The highest BCUT2D eigenvalue weighted by Crippen LogP contribution is 2.43. The number of pyridine rings is 1. The molecule has 29 heavy (non-hydrogen) atoms. The number of hydrogen-bond donors (Lipinski definition) is 2. The average Bonchev–Trinajstić information content (AvgIpc) is 3.43. The summed E-state index contributed by atoms with van der Waals surface area (Å²) in [6.45, 7) is 2.35. The van der Waals surface area contributed by atoms with Crippen LogP contribution >= 0.6 is 11.6 Å². The molecule has 2 saturated heterocycles. The fourth-order valence-corrected chi connectivity index (χ4v) is 5.14. The molecule has 7 nitrogen and oxygen atoms in total. The van der Waals surface area contributed by atoms with Gasteiger partial charge in [0.15, 0.2) is 5.75 Å². The van der Waals surface area contributed by atoms with Gasteiger partial charge in [0.25, 0.3) is 0 Å². The minimum Gasteiger partial charge on any atom is -0.449 e. The zero-order valence-corrected chi connectivity index (χ0v) is 16.4. The number of rotatable bonds is 3. The molecule has 3 fully saturated rings. The normalized spacial score (nSPS) is 24.0. The van der Waals surface area contributed by atoms with E-state index in [2.05, 4.69) is 10.1 Å². The van der Waals surface area contributed by atoms with Crippen LogP contribution in [0.2, 0.25) is 5.02 Å². The molecule has 0 amide bonds. The summed E-state index contributed by atoms with van der Waals surface area (Å²) in [5, 5.41) is 12.7. The monoisotopic (exact) mass is 421 g/mol. The fourth-order valence-electron chi connectivity index (χ4n) is 4.73. The first kappa shape index (κ1) is 18.7. The average molecular weight is 422 g/mol. The van der Waals surface area contributed by atoms with Crippen LogP contribution in [-0.4, -0.2) is 41.5 Å². The quantitative estimate of drug-likeness (QED) is 0.739. The van der Waals surface area contributed by atoms with Crippen LogP contribution in [0.4, 0.5) is 14.9 Å². The molecule has 3 heterocycles. The SMILES string of the molecule is O=C(O)Oc1cn(C2CC2)c2c(Cl)c(N3CC4CCCNC4C3)c(F)cc2c1=O. The standard InChI is InChI=1S/C20H21ClFN3O4/c21-16-17-12(19(26)15(29-20(27)28)9-25(17)11-3-4-11)6-13(22)18(16)24-7-10-2-1-5-23-14(10)8-24/h6,9-11,14,23H,1-5,7-8H2,(H,27,28). The van der Waals surface area contributed by atoms with Crippen LogP contribution < -0.4 is 20.4 Å². The highest BCUT2D eigenvalue weighted by Gasteiger charge is 2.37. The highest BCUT2D eigenvalue weighted by molar-refractivity contribution is 6.38. The molecule has 0 radical (unpaired) electrons. The molecule has 0 spiro atoms. The van der Waals surface area contributed by atoms with Crippen LogP contribution in [0.5, 0.6) is 5.75 Å². The van der Waals surface area contributed by atoms with E-state index in [1.54, 1.807) is 4.57 Å². The number of benzene rings is 1. The van der Waals surface area contributed by atoms with Crippen LogP contribution in [0.1, 0.15) is 31.7 Å². The first-order valence-corrected chi connectivity index (χ1v) is 10.3. The van der Waals surface area contributed by atoms with Crippen LogP contribution in [-0.2, 0) is 0 Å². The van der Waals surface area contributed by atoms with E-state index in [-0.39, 0.29) is 22.2 Å². The van der Waals surface area contributed by atoms with Crippen molar-refractivity contribution in [3.63, 3.8) is 0 Å². The number of carbonyl (C=O) groups is 1. The lowest BCUT2D eigenvalue weighted by Gasteiger charge is -2.24. The van der Waals surface area contributed by atoms with Gasteiger partial charge < -0.3 is 24.6 Å². The van der Waals surface area contributed by atoms with Gasteiger partial charge in [-0.25, -0.2) is 9.18 Å². The third kappa shape index (κ3) is 3.14. The smallest absolute Gasteiger partial charge is 0.449 e. The van der Waals surface area contributed by atoms with E-state index in [0.717, 1.165) is 32.2 Å². The van der Waals surface area contributed by atoms with Gasteiger partial charge in [-0.3, -0.25) is 4.79 Å². The van der Waals surface area contributed by atoms with Crippen LogP contribution in [0.15, 0.2) is 17.1 Å². The van der Waals surface area contributed by atoms with Crippen molar-refractivity contribution in [2.45, 2.75) is 37.8 Å². The topological polar surface area (TPSA) is 83.8 Å². The largest absolute Gasteiger partial charge is 0.511 e. The Morgan fingerprint density at radius 1 is 1.31 bits per heavy atom. The van der Waals surface area contributed by atoms with Gasteiger partial charge in [-0.1, -0.05) is 11.6 Å². The Labute approximate surface area is 171 Å². The molecule has 5 rings (SSSR count). The number of aromatic nitrogens is 1. The van der Waals surface area contributed by atoms with Crippen LogP contribution in [0.25, 0.3) is 10.9 Å². The fraction of sp³-hybridized carbons (Fsp3) is 0.500. The van der Waals surface area contributed by atoms with E-state index in [1.807, 2.05) is 4.90 Å². The van der Waals surface area contributed by atoms with Crippen molar-refractivity contribution in [2.24, 2.45) is 5.92 Å². The molecule has 1 aliphatic carbocycles. The molecule has 2 atom stereocenters. The van der Waals surface area contributed by atoms with Gasteiger partial charge in [-0.05, 0) is 44.2 Å². The predicted molar refractivity (Wildman–Crippen MR) is 107 cm³/mol. The van der Waals surface area contributed by atoms with Crippen LogP contribution in [0.3, 0.4) is 0 Å². The molecule has 1 aromatic carbocycles. The summed E-state index contributed by atoms with van der Waals surface area (Å²) < 4.78 is 21.6. The number of ether oxygens (including phenoxy) is 1. The van der Waals surface area contributed by atoms with Gasteiger partial charge in [-0.2, -0.15) is 0 Å². The van der Waals surface area contributed by atoms with E-state index in [4.69, 9.17) is 16.7 Å². The third-order valence-electron chi connectivity index (χ3n) is 6.20. The minimum absolute atomic E-state index is 0.0386. The molecule has 1 saturated carbocycles. The Morgan fingerprint density at radius 3 is 2.79 bits per heavy atom. The second kappa shape index (κ2) is 6.88. The molecule has 154 valence electrons. The molecular weight excluding hydrogens is 401 g/mol. The number of halogens is 2. The van der Waals surface area contributed by atoms with E-state index in [1.165, 1.54) is 12.3 Å². The van der Waals surface area contributed by atoms with Gasteiger partial charge in [0.2, 0.25) is 5.43 Å². The van der Waals surface area contributed by atoms with E-state index < -0.39 is 17.4 Å². The Morgan fingerprint density at radius 2 is 2.10 bits per heavy atom. The molecule has 3 aliphatic rings. The van der Waals surface area contributed by atoms with Crippen molar-refractivity contribution >= 4 is 34.3 Å². The number of nitrogens with zero attached hydrogens (tertiary/aromatic N) is 2. The second-order valence-corrected chi connectivity index (χ2v) is 8.49. The van der Waals surface area contributed by atoms with Crippen molar-refractivity contribution < 1.29 is 19.0 Å². The van der Waals surface area contributed by atoms with Crippen molar-refractivity contribution in [2.75, 3.05) is 24.5 Å². The first-order chi connectivity index (χ1) is 13.9. The molecule has 2 unspecified atom stereocenters. The maximum Gasteiger partial charge on any atom is 0.511 e. The van der Waals surface area contributed by atoms with Gasteiger partial charge in [0, 0.05) is 25.2 Å². The van der Waals surface area contributed by atoms with Crippen molar-refractivity contribution in [3.8, 4) is 5.75 Å². The molecule has 0 bridgehead atoms. The lowest BCUT2D eigenvalue weighted by Crippen LogP contribution is -2.40. The lowest BCUT2D eigenvalue weighted by atomic mass is 9.94. The Kier molecular flexibility index (Phi) is 4.43. The minimum atomic E-state index is -1.58. The van der Waals surface area contributed by atoms with E-state index in [0.29, 0.717) is 36.3 Å². The number of carboxylic acid groups (broad SMARTS) is 1. The second-order valence-electron chi connectivity index (χ2n) is 8.11. The number of fused-ring (bicyclic) bond motifs is 2. The predicted octanol–water partition coefficient (Wildman–Crippen LogP) is 3.37. The summed E-state index contributed by atoms with van der Waals surface area (Å²) >= 11 is 6.71. The summed E-state index contributed by atoms with van der Waals surface area (Å²) in [6, 6.07) is 1.57. The Balaban J connectivity index is 1.67. The summed E-state index contributed by atoms with van der Waals surface area (Å²) in [5.74, 6) is -0.462. The highest BCUT2D eigenvalue weighted by atomic mass is 35.5. The van der Waals surface area contributed by atoms with E-state index >= 15 is 4.39 Å². The number of piperidine rings is 1. The van der Waals surface area contributed by atoms with Crippen molar-refractivity contribution in [3.05, 3.63) is 33.3 Å². The maximum absolute atomic E-state index is 15.2. The molecule has 1 aromatic heterocycles. The Bertz CT molecular complexity index is 1050. The van der Waals surface area contributed by atoms with Crippen LogP contribution in [0, 0.1) is 11.7 Å². The van der Waals surface area contributed by atoms with Crippen molar-refractivity contribution in [1.82, 2.24) is 9.88 Å². The third-order valence-corrected chi connectivity index (χ3v) is 6.56. The molecule has 2 aromatic rings. The summed E-state index contributed by atoms with van der Waals surface area (Å²) in [5.41, 5.74) is 0.0793. The molecule has 2 N–H and O–H groups in total. The molecular formula is C20H21ClFN3O4.